The summed E-state index contributed by atoms with van der Waals surface area (Å²) >= 11 is 0. The molecule has 2 aromatic carbocycles. The number of carbonyl (C=O) groups is 3. The maximum Gasteiger partial charge on any atom is 0.280 e. The monoisotopic (exact) mass is 453 g/mol. The number of hydrogen-bond acceptors (Lipinski definition) is 6. The van der Waals surface area contributed by atoms with Gasteiger partial charge in [-0.05, 0) is 61.0 Å². The highest BCUT2D eigenvalue weighted by atomic mass is 32.2. The van der Waals surface area contributed by atoms with E-state index in [0.29, 0.717) is 5.56 Å². The number of Topliss-reactive ketones (excluding diaryl/α,β-unsaturated/α-hetero) is 1. The van der Waals surface area contributed by atoms with Crippen LogP contribution in [0.1, 0.15) is 43.7 Å². The summed E-state index contributed by atoms with van der Waals surface area (Å²) in [4.78, 5) is 41.0. The van der Waals surface area contributed by atoms with E-state index in [2.05, 4.69) is 9.71 Å². The standard InChI is InChI=1S/C22H16FN3O5S/c1-13(27)14-5-8-17(9-6-14)25-32(30,31)19-11-16(23)7-4-15(19)12-26-21(28)18-3-2-10-24-20(18)22(26)29/h2-11,25H,12H2,1H3. The van der Waals surface area contributed by atoms with Crippen molar-refractivity contribution in [2.75, 3.05) is 4.72 Å². The predicted molar refractivity (Wildman–Crippen MR) is 112 cm³/mol. The van der Waals surface area contributed by atoms with Gasteiger partial charge >= 0.3 is 0 Å². The molecule has 0 saturated carbocycles. The highest BCUT2D eigenvalue weighted by Gasteiger charge is 2.37. The van der Waals surface area contributed by atoms with Crippen molar-refractivity contribution in [1.29, 1.82) is 0 Å². The number of hydrogen-bond donors (Lipinski definition) is 1. The molecule has 0 radical (unpaired) electrons. The van der Waals surface area contributed by atoms with Gasteiger partial charge in [-0.15, -0.1) is 0 Å². The summed E-state index contributed by atoms with van der Waals surface area (Å²) in [7, 11) is -4.28. The van der Waals surface area contributed by atoms with E-state index in [0.717, 1.165) is 17.0 Å². The lowest BCUT2D eigenvalue weighted by Crippen LogP contribution is -2.30. The number of sulfonamides is 1. The van der Waals surface area contributed by atoms with E-state index < -0.39 is 32.6 Å². The Morgan fingerprint density at radius 2 is 1.78 bits per heavy atom. The fraction of sp³-hybridized carbons (Fsp3) is 0.0909. The first kappa shape index (κ1) is 21.3. The Hall–Kier alpha value is -3.92. The zero-order valence-electron chi connectivity index (χ0n) is 16.7. The number of ketones is 1. The van der Waals surface area contributed by atoms with E-state index in [1.54, 1.807) is 0 Å². The van der Waals surface area contributed by atoms with Crippen LogP contribution < -0.4 is 4.72 Å². The van der Waals surface area contributed by atoms with Gasteiger partial charge in [0.15, 0.2) is 5.78 Å². The molecule has 0 fully saturated rings. The molecular formula is C22H16FN3O5S. The molecule has 2 amide bonds. The molecule has 1 aliphatic heterocycles. The average Bonchev–Trinajstić information content (AvgIpc) is 3.00. The molecule has 3 aromatic rings. The minimum absolute atomic E-state index is 0.0206. The second kappa shape index (κ2) is 7.97. The van der Waals surface area contributed by atoms with Crippen LogP contribution in [0.4, 0.5) is 10.1 Å². The van der Waals surface area contributed by atoms with Crippen LogP contribution in [0.25, 0.3) is 0 Å². The third-order valence-corrected chi connectivity index (χ3v) is 6.39. The summed E-state index contributed by atoms with van der Waals surface area (Å²) in [5.74, 6) is -2.25. The van der Waals surface area contributed by atoms with Gasteiger partial charge in [-0.2, -0.15) is 0 Å². The first-order valence-corrected chi connectivity index (χ1v) is 10.9. The zero-order valence-corrected chi connectivity index (χ0v) is 17.5. The fourth-order valence-electron chi connectivity index (χ4n) is 3.32. The summed E-state index contributed by atoms with van der Waals surface area (Å²) in [6.07, 6.45) is 1.38. The van der Waals surface area contributed by atoms with E-state index >= 15 is 0 Å². The number of fused-ring (bicyclic) bond motifs is 1. The molecule has 0 aliphatic carbocycles. The largest absolute Gasteiger partial charge is 0.295 e. The molecule has 0 unspecified atom stereocenters. The van der Waals surface area contributed by atoms with Gasteiger partial charge in [-0.3, -0.25) is 29.0 Å². The first-order chi connectivity index (χ1) is 15.2. The first-order valence-electron chi connectivity index (χ1n) is 9.41. The molecule has 4 rings (SSSR count). The zero-order chi connectivity index (χ0) is 23.0. The van der Waals surface area contributed by atoms with Gasteiger partial charge in [-0.25, -0.2) is 12.8 Å². The number of nitrogens with zero attached hydrogens (tertiary/aromatic N) is 2. The number of anilines is 1. The molecule has 10 heteroatoms. The number of nitrogens with one attached hydrogen (secondary N) is 1. The molecule has 1 aliphatic rings. The van der Waals surface area contributed by atoms with Gasteiger partial charge in [-0.1, -0.05) is 6.07 Å². The lowest BCUT2D eigenvalue weighted by molar-refractivity contribution is 0.0638. The number of carbonyl (C=O) groups excluding carboxylic acids is 3. The van der Waals surface area contributed by atoms with Crippen LogP contribution in [0, 0.1) is 5.82 Å². The number of imide groups is 1. The van der Waals surface area contributed by atoms with Crippen molar-refractivity contribution in [2.45, 2.75) is 18.4 Å². The van der Waals surface area contributed by atoms with Crippen LogP contribution >= 0.6 is 0 Å². The second-order valence-electron chi connectivity index (χ2n) is 7.09. The minimum Gasteiger partial charge on any atom is -0.295 e. The van der Waals surface area contributed by atoms with E-state index in [4.69, 9.17) is 0 Å². The Bertz CT molecular complexity index is 1340. The van der Waals surface area contributed by atoms with Gasteiger partial charge in [0.25, 0.3) is 21.8 Å². The van der Waals surface area contributed by atoms with E-state index in [-0.39, 0.29) is 34.8 Å². The average molecular weight is 453 g/mol. The van der Waals surface area contributed by atoms with Crippen molar-refractivity contribution in [3.8, 4) is 0 Å². The topological polar surface area (TPSA) is 114 Å². The number of benzene rings is 2. The summed E-state index contributed by atoms with van der Waals surface area (Å²) in [5.41, 5.74) is 0.711. The Morgan fingerprint density at radius 1 is 1.06 bits per heavy atom. The number of rotatable bonds is 6. The van der Waals surface area contributed by atoms with Crippen molar-refractivity contribution >= 4 is 33.3 Å². The van der Waals surface area contributed by atoms with Crippen LogP contribution in [0.5, 0.6) is 0 Å². The minimum atomic E-state index is -4.28. The van der Waals surface area contributed by atoms with Gasteiger partial charge in [0, 0.05) is 17.4 Å². The molecule has 1 N–H and O–H groups in total. The smallest absolute Gasteiger partial charge is 0.280 e. The normalized spacial score (nSPS) is 13.2. The van der Waals surface area contributed by atoms with E-state index in [1.807, 2.05) is 0 Å². The molecule has 2 heterocycles. The van der Waals surface area contributed by atoms with Crippen molar-refractivity contribution in [2.24, 2.45) is 0 Å². The summed E-state index contributed by atoms with van der Waals surface area (Å²) in [6.45, 7) is 1.00. The molecule has 0 atom stereocenters. The van der Waals surface area contributed by atoms with E-state index in [9.17, 15) is 27.2 Å². The number of pyridine rings is 1. The summed E-state index contributed by atoms with van der Waals surface area (Å²) in [6, 6.07) is 11.8. The van der Waals surface area contributed by atoms with Gasteiger partial charge in [0.2, 0.25) is 0 Å². The third kappa shape index (κ3) is 3.87. The van der Waals surface area contributed by atoms with Gasteiger partial charge in [0.05, 0.1) is 17.0 Å². The Morgan fingerprint density at radius 3 is 2.44 bits per heavy atom. The number of amides is 2. The van der Waals surface area contributed by atoms with Crippen LogP contribution in [-0.4, -0.2) is 35.9 Å². The molecule has 8 nitrogen and oxygen atoms in total. The lowest BCUT2D eigenvalue weighted by Gasteiger charge is -2.17. The lowest BCUT2D eigenvalue weighted by atomic mass is 10.1. The summed E-state index contributed by atoms with van der Waals surface area (Å²) < 4.78 is 42.3. The highest BCUT2D eigenvalue weighted by molar-refractivity contribution is 7.92. The van der Waals surface area contributed by atoms with Crippen molar-refractivity contribution < 1.29 is 27.2 Å². The molecular weight excluding hydrogens is 437 g/mol. The maximum absolute atomic E-state index is 14.0. The Kier molecular flexibility index (Phi) is 5.31. The quantitative estimate of drug-likeness (QED) is 0.453. The molecule has 32 heavy (non-hydrogen) atoms. The molecule has 0 spiro atoms. The number of aromatic nitrogens is 1. The third-order valence-electron chi connectivity index (χ3n) is 4.92. The van der Waals surface area contributed by atoms with Crippen LogP contribution in [0.3, 0.4) is 0 Å². The Balaban J connectivity index is 1.66. The maximum atomic E-state index is 14.0. The highest BCUT2D eigenvalue weighted by Crippen LogP contribution is 2.27. The van der Waals surface area contributed by atoms with Crippen molar-refractivity contribution in [1.82, 2.24) is 9.88 Å². The summed E-state index contributed by atoms with van der Waals surface area (Å²) in [5, 5.41) is 0. The second-order valence-corrected chi connectivity index (χ2v) is 8.74. The molecule has 162 valence electrons. The van der Waals surface area contributed by atoms with Crippen LogP contribution in [-0.2, 0) is 16.6 Å². The molecule has 1 aromatic heterocycles. The van der Waals surface area contributed by atoms with Crippen molar-refractivity contribution in [3.05, 3.63) is 89.0 Å². The molecule has 0 saturated heterocycles. The van der Waals surface area contributed by atoms with Crippen molar-refractivity contribution in [3.63, 3.8) is 0 Å². The van der Waals surface area contributed by atoms with Crippen LogP contribution in [0.15, 0.2) is 65.7 Å². The number of halogens is 1. The Labute approximate surface area is 182 Å². The molecule has 0 bridgehead atoms. The van der Waals surface area contributed by atoms with Gasteiger partial charge in [0.1, 0.15) is 11.5 Å². The SMILES string of the molecule is CC(=O)c1ccc(NS(=O)(=O)c2cc(F)ccc2CN2C(=O)c3cccnc3C2=O)cc1. The van der Waals surface area contributed by atoms with Gasteiger partial charge < -0.3 is 0 Å². The van der Waals surface area contributed by atoms with Crippen LogP contribution in [0.2, 0.25) is 0 Å². The fourth-order valence-corrected chi connectivity index (χ4v) is 4.62. The van der Waals surface area contributed by atoms with E-state index in [1.165, 1.54) is 55.6 Å². The predicted octanol–water partition coefficient (Wildman–Crippen LogP) is 3.02.